The molecule has 7 heteroatoms. The summed E-state index contributed by atoms with van der Waals surface area (Å²) in [4.78, 5) is 17.0. The van der Waals surface area contributed by atoms with E-state index in [1.807, 2.05) is 37.8 Å². The van der Waals surface area contributed by atoms with Crippen LogP contribution in [0.15, 0.2) is 27.8 Å². The number of rotatable bonds is 5. The number of aromatic nitrogens is 2. The highest BCUT2D eigenvalue weighted by Crippen LogP contribution is 2.28. The van der Waals surface area contributed by atoms with Crippen molar-refractivity contribution < 1.29 is 9.21 Å². The molecule has 2 heterocycles. The third-order valence-electron chi connectivity index (χ3n) is 4.63. The summed E-state index contributed by atoms with van der Waals surface area (Å²) in [6.45, 7) is 12.6. The fourth-order valence-electron chi connectivity index (χ4n) is 3.22. The van der Waals surface area contributed by atoms with Crippen LogP contribution in [0.5, 0.6) is 0 Å². The van der Waals surface area contributed by atoms with Gasteiger partial charge < -0.3 is 14.2 Å². The zero-order valence-electron chi connectivity index (χ0n) is 15.9. The number of carbonyl (C=O) groups is 1. The molecule has 1 amide bonds. The fraction of sp³-hybridized carbons (Fsp3) is 0.526. The van der Waals surface area contributed by atoms with E-state index in [4.69, 9.17) is 4.42 Å². The lowest BCUT2D eigenvalue weighted by atomic mass is 10.1. The van der Waals surface area contributed by atoms with Crippen molar-refractivity contribution >= 4 is 17.7 Å². The van der Waals surface area contributed by atoms with Crippen molar-refractivity contribution in [2.24, 2.45) is 0 Å². The maximum Gasteiger partial charge on any atom is 0.277 e. The highest BCUT2D eigenvalue weighted by atomic mass is 32.2. The van der Waals surface area contributed by atoms with E-state index in [1.54, 1.807) is 0 Å². The van der Waals surface area contributed by atoms with Crippen molar-refractivity contribution in [3.8, 4) is 11.5 Å². The summed E-state index contributed by atoms with van der Waals surface area (Å²) in [7, 11) is 0. The summed E-state index contributed by atoms with van der Waals surface area (Å²) in [6, 6.07) is 6.15. The first-order chi connectivity index (χ1) is 12.5. The van der Waals surface area contributed by atoms with Crippen LogP contribution in [0, 0.1) is 13.8 Å². The van der Waals surface area contributed by atoms with Crippen molar-refractivity contribution in [1.82, 2.24) is 20.0 Å². The van der Waals surface area contributed by atoms with E-state index in [1.165, 1.54) is 11.8 Å². The second-order valence-corrected chi connectivity index (χ2v) is 8.06. The molecule has 3 rings (SSSR count). The summed E-state index contributed by atoms with van der Waals surface area (Å²) in [5, 5.41) is 8.45. The van der Waals surface area contributed by atoms with Gasteiger partial charge in [-0.2, -0.15) is 0 Å². The Kier molecular flexibility index (Phi) is 5.98. The molecular weight excluding hydrogens is 348 g/mol. The van der Waals surface area contributed by atoms with Gasteiger partial charge in [-0.15, -0.1) is 10.2 Å². The van der Waals surface area contributed by atoms with Crippen LogP contribution in [0.2, 0.25) is 0 Å². The van der Waals surface area contributed by atoms with Crippen LogP contribution in [-0.2, 0) is 4.79 Å². The Morgan fingerprint density at radius 3 is 2.42 bits per heavy atom. The molecule has 140 valence electrons. The van der Waals surface area contributed by atoms with Crippen LogP contribution in [0.1, 0.15) is 25.0 Å². The Hall–Kier alpha value is -1.86. The van der Waals surface area contributed by atoms with Crippen LogP contribution < -0.4 is 0 Å². The Morgan fingerprint density at radius 2 is 1.81 bits per heavy atom. The predicted octanol–water partition coefficient (Wildman–Crippen LogP) is 3.00. The molecule has 1 atom stereocenters. The van der Waals surface area contributed by atoms with Crippen LogP contribution >= 0.6 is 11.8 Å². The first kappa shape index (κ1) is 18.9. The molecule has 0 bridgehead atoms. The maximum absolute atomic E-state index is 12.7. The zero-order valence-corrected chi connectivity index (χ0v) is 16.7. The van der Waals surface area contributed by atoms with Crippen molar-refractivity contribution in [3.05, 3.63) is 29.3 Å². The summed E-state index contributed by atoms with van der Waals surface area (Å²) >= 11 is 1.33. The molecule has 1 saturated heterocycles. The molecule has 0 radical (unpaired) electrons. The SMILES string of the molecule is CCN1CCN(C(=O)C(C)Sc2nnc(-c3cc(C)cc(C)c3)o2)CC1. The fourth-order valence-corrected chi connectivity index (χ4v) is 3.98. The molecule has 1 fully saturated rings. The van der Waals surface area contributed by atoms with E-state index < -0.39 is 0 Å². The number of amides is 1. The number of thioether (sulfide) groups is 1. The minimum Gasteiger partial charge on any atom is -0.411 e. The largest absolute Gasteiger partial charge is 0.411 e. The van der Waals surface area contributed by atoms with Gasteiger partial charge in [0.25, 0.3) is 5.22 Å². The van der Waals surface area contributed by atoms with E-state index in [0.29, 0.717) is 11.1 Å². The Labute approximate surface area is 159 Å². The maximum atomic E-state index is 12.7. The summed E-state index contributed by atoms with van der Waals surface area (Å²) < 4.78 is 5.78. The molecule has 1 unspecified atom stereocenters. The van der Waals surface area contributed by atoms with Crippen LogP contribution in [-0.4, -0.2) is 63.9 Å². The standard InChI is InChI=1S/C19H26N4O2S/c1-5-22-6-8-23(9-7-22)18(24)15(4)26-19-21-20-17(25-19)16-11-13(2)10-14(3)12-16/h10-12,15H,5-9H2,1-4H3. The first-order valence-corrected chi connectivity index (χ1v) is 9.94. The quantitative estimate of drug-likeness (QED) is 0.750. The van der Waals surface area contributed by atoms with E-state index in [2.05, 4.69) is 28.1 Å². The molecule has 1 aliphatic rings. The molecule has 1 aromatic heterocycles. The predicted molar refractivity (Wildman–Crippen MR) is 103 cm³/mol. The topological polar surface area (TPSA) is 62.5 Å². The van der Waals surface area contributed by atoms with Gasteiger partial charge in [0.2, 0.25) is 11.8 Å². The van der Waals surface area contributed by atoms with Gasteiger partial charge in [0.15, 0.2) is 0 Å². The number of hydrogen-bond donors (Lipinski definition) is 0. The smallest absolute Gasteiger partial charge is 0.277 e. The Balaban J connectivity index is 1.62. The number of piperazine rings is 1. The van der Waals surface area contributed by atoms with Gasteiger partial charge in [0, 0.05) is 31.7 Å². The summed E-state index contributed by atoms with van der Waals surface area (Å²) in [5.74, 6) is 0.632. The minimum absolute atomic E-state index is 0.136. The average Bonchev–Trinajstić information content (AvgIpc) is 3.09. The van der Waals surface area contributed by atoms with Crippen molar-refractivity contribution in [3.63, 3.8) is 0 Å². The van der Waals surface area contributed by atoms with Gasteiger partial charge in [-0.1, -0.05) is 35.9 Å². The lowest BCUT2D eigenvalue weighted by molar-refractivity contribution is -0.132. The average molecular weight is 375 g/mol. The molecule has 0 spiro atoms. The highest BCUT2D eigenvalue weighted by Gasteiger charge is 2.26. The van der Waals surface area contributed by atoms with Crippen molar-refractivity contribution in [2.75, 3.05) is 32.7 Å². The minimum atomic E-state index is -0.240. The van der Waals surface area contributed by atoms with Gasteiger partial charge in [-0.25, -0.2) is 0 Å². The number of hydrogen-bond acceptors (Lipinski definition) is 6. The van der Waals surface area contributed by atoms with E-state index in [9.17, 15) is 4.79 Å². The van der Waals surface area contributed by atoms with Crippen LogP contribution in [0.4, 0.5) is 0 Å². The Morgan fingerprint density at radius 1 is 1.15 bits per heavy atom. The molecule has 1 aliphatic heterocycles. The molecule has 0 saturated carbocycles. The molecule has 2 aromatic rings. The van der Waals surface area contributed by atoms with E-state index in [-0.39, 0.29) is 11.2 Å². The third kappa shape index (κ3) is 4.45. The summed E-state index contributed by atoms with van der Waals surface area (Å²) in [5.41, 5.74) is 3.22. The number of aryl methyl sites for hydroxylation is 2. The van der Waals surface area contributed by atoms with Gasteiger partial charge in [-0.05, 0) is 39.4 Å². The van der Waals surface area contributed by atoms with Gasteiger partial charge >= 0.3 is 0 Å². The summed E-state index contributed by atoms with van der Waals surface area (Å²) in [6.07, 6.45) is 0. The van der Waals surface area contributed by atoms with E-state index in [0.717, 1.165) is 49.4 Å². The molecule has 26 heavy (non-hydrogen) atoms. The van der Waals surface area contributed by atoms with Gasteiger partial charge in [0.1, 0.15) is 0 Å². The molecule has 1 aromatic carbocycles. The normalized spacial score (nSPS) is 16.7. The van der Waals surface area contributed by atoms with Crippen LogP contribution in [0.3, 0.4) is 0 Å². The molecule has 6 nitrogen and oxygen atoms in total. The number of likely N-dealkylation sites (N-methyl/N-ethyl adjacent to an activating group) is 1. The number of benzene rings is 1. The second kappa shape index (κ2) is 8.22. The lowest BCUT2D eigenvalue weighted by Gasteiger charge is -2.35. The number of carbonyl (C=O) groups excluding carboxylic acids is 1. The first-order valence-electron chi connectivity index (χ1n) is 9.06. The zero-order chi connectivity index (χ0) is 18.7. The molecule has 0 N–H and O–H groups in total. The number of nitrogens with zero attached hydrogens (tertiary/aromatic N) is 4. The van der Waals surface area contributed by atoms with Gasteiger partial charge in [0.05, 0.1) is 5.25 Å². The van der Waals surface area contributed by atoms with Crippen molar-refractivity contribution in [2.45, 2.75) is 38.2 Å². The van der Waals surface area contributed by atoms with Crippen molar-refractivity contribution in [1.29, 1.82) is 0 Å². The van der Waals surface area contributed by atoms with Gasteiger partial charge in [-0.3, -0.25) is 4.79 Å². The Bertz CT molecular complexity index is 748. The van der Waals surface area contributed by atoms with E-state index >= 15 is 0 Å². The lowest BCUT2D eigenvalue weighted by Crippen LogP contribution is -2.50. The highest BCUT2D eigenvalue weighted by molar-refractivity contribution is 8.00. The van der Waals surface area contributed by atoms with Crippen LogP contribution in [0.25, 0.3) is 11.5 Å². The monoisotopic (exact) mass is 374 g/mol. The third-order valence-corrected chi connectivity index (χ3v) is 5.55. The molecular formula is C19H26N4O2S. The second-order valence-electron chi connectivity index (χ2n) is 6.77. The molecule has 0 aliphatic carbocycles.